The Morgan fingerprint density at radius 3 is 2.60 bits per heavy atom. The van der Waals surface area contributed by atoms with Crippen LogP contribution in [-0.4, -0.2) is 49.7 Å². The molecule has 0 spiro atoms. The molecule has 0 saturated heterocycles. The second-order valence-corrected chi connectivity index (χ2v) is 7.56. The van der Waals surface area contributed by atoms with Gasteiger partial charge in [0.2, 0.25) is 0 Å². The fourth-order valence-electron chi connectivity index (χ4n) is 2.50. The maximum Gasteiger partial charge on any atom is 0.120 e. The number of aromatic nitrogens is 1. The first-order chi connectivity index (χ1) is 12.2. The van der Waals surface area contributed by atoms with Crippen molar-refractivity contribution in [1.82, 2.24) is 9.27 Å². The quantitative estimate of drug-likeness (QED) is 0.529. The lowest BCUT2D eigenvalue weighted by Gasteiger charge is -2.16. The summed E-state index contributed by atoms with van der Waals surface area (Å²) in [5.74, 6) is 0.888. The van der Waals surface area contributed by atoms with Gasteiger partial charge in [0, 0.05) is 35.6 Å². The van der Waals surface area contributed by atoms with Gasteiger partial charge in [-0.05, 0) is 48.9 Å². The number of halogens is 1. The van der Waals surface area contributed by atoms with Crippen LogP contribution < -0.4 is 4.74 Å². The van der Waals surface area contributed by atoms with Crippen LogP contribution in [0.4, 0.5) is 0 Å². The topological polar surface area (TPSA) is 34.6 Å². The minimum absolute atomic E-state index is 0.657. The van der Waals surface area contributed by atoms with Crippen molar-refractivity contribution in [3.05, 3.63) is 46.9 Å². The van der Waals surface area contributed by atoms with Gasteiger partial charge in [0.05, 0.1) is 17.0 Å². The van der Waals surface area contributed by atoms with E-state index in [1.54, 1.807) is 7.11 Å². The highest BCUT2D eigenvalue weighted by Crippen LogP contribution is 2.33. The minimum atomic E-state index is 0.657. The molecule has 0 unspecified atom stereocenters. The summed E-state index contributed by atoms with van der Waals surface area (Å²) in [4.78, 5) is 2.19. The number of likely N-dealkylation sites (N-methyl/N-ethyl adjacent to an activating group) is 1. The molecule has 6 heteroatoms. The molecular weight excluding hydrogens is 400 g/mol. The Morgan fingerprint density at radius 1 is 1.08 bits per heavy atom. The lowest BCUT2D eigenvalue weighted by atomic mass is 10.1. The second kappa shape index (κ2) is 8.76. The number of hydrogen-bond donors (Lipinski definition) is 0. The molecule has 0 aliphatic heterocycles. The van der Waals surface area contributed by atoms with E-state index in [4.69, 9.17) is 9.47 Å². The van der Waals surface area contributed by atoms with E-state index in [2.05, 4.69) is 56.5 Å². The molecule has 132 valence electrons. The van der Waals surface area contributed by atoms with E-state index >= 15 is 0 Å². The summed E-state index contributed by atoms with van der Waals surface area (Å²) >= 11 is 4.98. The predicted octanol–water partition coefficient (Wildman–Crippen LogP) is 4.68. The van der Waals surface area contributed by atoms with Crippen LogP contribution in [0.2, 0.25) is 0 Å². The lowest BCUT2D eigenvalue weighted by molar-refractivity contribution is 0.150. The van der Waals surface area contributed by atoms with E-state index in [9.17, 15) is 0 Å². The molecule has 4 nitrogen and oxygen atoms in total. The first-order valence-corrected chi connectivity index (χ1v) is 9.69. The summed E-state index contributed by atoms with van der Waals surface area (Å²) in [6, 6.07) is 14.4. The van der Waals surface area contributed by atoms with E-state index < -0.39 is 0 Å². The van der Waals surface area contributed by atoms with Gasteiger partial charge in [-0.25, -0.2) is 0 Å². The maximum atomic E-state index is 5.89. The first kappa shape index (κ1) is 18.3. The molecule has 2 aromatic carbocycles. The molecule has 25 heavy (non-hydrogen) atoms. The summed E-state index contributed by atoms with van der Waals surface area (Å²) < 4.78 is 17.8. The molecule has 0 bridgehead atoms. The van der Waals surface area contributed by atoms with Gasteiger partial charge in [-0.1, -0.05) is 28.1 Å². The van der Waals surface area contributed by atoms with Crippen LogP contribution in [0.5, 0.6) is 5.75 Å². The molecule has 3 aromatic rings. The summed E-state index contributed by atoms with van der Waals surface area (Å²) in [6.45, 7) is 3.17. The standard InChI is InChI=1S/C19H21BrN2O2S/c1-22(9-11-23-2)10-12-24-16-7-8-17-18(13-16)25-21-19(17)14-3-5-15(20)6-4-14/h3-8,13H,9-12H2,1-2H3. The van der Waals surface area contributed by atoms with Gasteiger partial charge in [0.15, 0.2) is 0 Å². The van der Waals surface area contributed by atoms with Crippen LogP contribution in [-0.2, 0) is 4.74 Å². The Balaban J connectivity index is 1.66. The molecule has 0 amide bonds. The molecule has 1 aromatic heterocycles. The molecule has 0 atom stereocenters. The van der Waals surface area contributed by atoms with Gasteiger partial charge in [-0.2, -0.15) is 4.37 Å². The van der Waals surface area contributed by atoms with Gasteiger partial charge >= 0.3 is 0 Å². The third-order valence-corrected chi connectivity index (χ3v) is 5.32. The maximum absolute atomic E-state index is 5.89. The van der Waals surface area contributed by atoms with Crippen LogP contribution in [0.3, 0.4) is 0 Å². The monoisotopic (exact) mass is 420 g/mol. The average molecular weight is 421 g/mol. The third kappa shape index (κ3) is 4.79. The Morgan fingerprint density at radius 2 is 1.84 bits per heavy atom. The van der Waals surface area contributed by atoms with Gasteiger partial charge < -0.3 is 14.4 Å². The zero-order valence-corrected chi connectivity index (χ0v) is 16.8. The van der Waals surface area contributed by atoms with Crippen molar-refractivity contribution >= 4 is 37.5 Å². The van der Waals surface area contributed by atoms with E-state index in [-0.39, 0.29) is 0 Å². The fourth-order valence-corrected chi connectivity index (χ4v) is 3.59. The Kier molecular flexibility index (Phi) is 6.42. The van der Waals surface area contributed by atoms with Gasteiger partial charge in [-0.15, -0.1) is 0 Å². The normalized spacial score (nSPS) is 11.4. The molecule has 0 radical (unpaired) electrons. The largest absolute Gasteiger partial charge is 0.492 e. The third-order valence-electron chi connectivity index (χ3n) is 3.98. The van der Waals surface area contributed by atoms with Crippen molar-refractivity contribution in [2.75, 3.05) is 40.5 Å². The minimum Gasteiger partial charge on any atom is -0.492 e. The summed E-state index contributed by atoms with van der Waals surface area (Å²) in [5.41, 5.74) is 2.15. The average Bonchev–Trinajstić information content (AvgIpc) is 3.04. The SMILES string of the molecule is COCCN(C)CCOc1ccc2c(-c3ccc(Br)cc3)nsc2c1. The summed E-state index contributed by atoms with van der Waals surface area (Å²) in [7, 11) is 3.79. The highest BCUT2D eigenvalue weighted by Gasteiger charge is 2.09. The lowest BCUT2D eigenvalue weighted by Crippen LogP contribution is -2.27. The van der Waals surface area contributed by atoms with E-state index in [0.29, 0.717) is 6.61 Å². The number of fused-ring (bicyclic) bond motifs is 1. The number of hydrogen-bond acceptors (Lipinski definition) is 5. The fraction of sp³-hybridized carbons (Fsp3) is 0.316. The highest BCUT2D eigenvalue weighted by atomic mass is 79.9. The van der Waals surface area contributed by atoms with Crippen LogP contribution in [0.1, 0.15) is 0 Å². The Bertz CT molecular complexity index is 820. The van der Waals surface area contributed by atoms with Crippen molar-refractivity contribution in [3.63, 3.8) is 0 Å². The van der Waals surface area contributed by atoms with Crippen molar-refractivity contribution in [2.45, 2.75) is 0 Å². The van der Waals surface area contributed by atoms with E-state index in [1.165, 1.54) is 11.5 Å². The molecule has 0 aliphatic carbocycles. The molecule has 0 fully saturated rings. The van der Waals surface area contributed by atoms with Gasteiger partial charge in [0.1, 0.15) is 12.4 Å². The van der Waals surface area contributed by atoms with Crippen molar-refractivity contribution < 1.29 is 9.47 Å². The predicted molar refractivity (Wildman–Crippen MR) is 108 cm³/mol. The zero-order valence-electron chi connectivity index (χ0n) is 14.4. The summed E-state index contributed by atoms with van der Waals surface area (Å²) in [5, 5.41) is 1.16. The zero-order chi connectivity index (χ0) is 17.6. The Hall–Kier alpha value is -1.47. The van der Waals surface area contributed by atoms with Crippen LogP contribution in [0.25, 0.3) is 21.3 Å². The van der Waals surface area contributed by atoms with Gasteiger partial charge in [-0.3, -0.25) is 0 Å². The smallest absolute Gasteiger partial charge is 0.120 e. The van der Waals surface area contributed by atoms with Crippen molar-refractivity contribution in [1.29, 1.82) is 0 Å². The van der Waals surface area contributed by atoms with Gasteiger partial charge in [0.25, 0.3) is 0 Å². The first-order valence-electron chi connectivity index (χ1n) is 8.13. The highest BCUT2D eigenvalue weighted by molar-refractivity contribution is 9.10. The molecule has 1 heterocycles. The van der Waals surface area contributed by atoms with Crippen LogP contribution in [0, 0.1) is 0 Å². The number of nitrogens with zero attached hydrogens (tertiary/aromatic N) is 2. The van der Waals surface area contributed by atoms with E-state index in [1.807, 2.05) is 18.2 Å². The van der Waals surface area contributed by atoms with E-state index in [0.717, 1.165) is 51.3 Å². The second-order valence-electron chi connectivity index (χ2n) is 5.84. The molecule has 0 saturated carbocycles. The number of benzene rings is 2. The number of rotatable bonds is 8. The van der Waals surface area contributed by atoms with Crippen molar-refractivity contribution in [3.8, 4) is 17.0 Å². The molecule has 0 aliphatic rings. The van der Waals surface area contributed by atoms with Crippen LogP contribution >= 0.6 is 27.5 Å². The molecule has 0 N–H and O–H groups in total. The number of ether oxygens (including phenoxy) is 2. The Labute approximate surface area is 160 Å². The molecule has 3 rings (SSSR count). The van der Waals surface area contributed by atoms with Crippen LogP contribution in [0.15, 0.2) is 46.9 Å². The van der Waals surface area contributed by atoms with Crippen molar-refractivity contribution in [2.24, 2.45) is 0 Å². The number of methoxy groups -OCH3 is 1. The molecular formula is C19H21BrN2O2S. The summed E-state index contributed by atoms with van der Waals surface area (Å²) in [6.07, 6.45) is 0.